The standard InChI is InChI=1S/C21H24ClNO4/c1-6-12(2)9-13(3)7-8-15-10-16-17(11-23-15)19(25)21(5,27-14(4)24)20(26)18(16)22/h7-12,26H,6H2,1-5H3/b8-7+,13-9+/t12-,21-/m1/s1. The van der Waals surface area contributed by atoms with Crippen LogP contribution in [0.3, 0.4) is 0 Å². The first-order valence-electron chi connectivity index (χ1n) is 8.80. The number of esters is 1. The van der Waals surface area contributed by atoms with Gasteiger partial charge in [0, 0.05) is 24.2 Å². The number of halogens is 1. The highest BCUT2D eigenvalue weighted by molar-refractivity contribution is 6.51. The summed E-state index contributed by atoms with van der Waals surface area (Å²) in [6.45, 7) is 8.76. The van der Waals surface area contributed by atoms with Gasteiger partial charge in [-0.05, 0) is 31.9 Å². The Morgan fingerprint density at radius 1 is 1.41 bits per heavy atom. The minimum atomic E-state index is -1.84. The van der Waals surface area contributed by atoms with Gasteiger partial charge in [0.2, 0.25) is 11.4 Å². The summed E-state index contributed by atoms with van der Waals surface area (Å²) in [5.41, 5.74) is 0.421. The number of hydrogen-bond acceptors (Lipinski definition) is 5. The number of aliphatic hydroxyl groups excluding tert-OH is 1. The maximum Gasteiger partial charge on any atom is 0.304 e. The van der Waals surface area contributed by atoms with Crippen molar-refractivity contribution in [3.05, 3.63) is 52.6 Å². The molecule has 0 radical (unpaired) electrons. The van der Waals surface area contributed by atoms with Crippen LogP contribution in [0.1, 0.15) is 62.7 Å². The molecule has 1 aliphatic rings. The first-order valence-corrected chi connectivity index (χ1v) is 9.18. The lowest BCUT2D eigenvalue weighted by atomic mass is 9.84. The predicted molar refractivity (Wildman–Crippen MR) is 106 cm³/mol. The normalized spacial score (nSPS) is 21.4. The van der Waals surface area contributed by atoms with Crippen molar-refractivity contribution >= 4 is 34.5 Å². The molecule has 2 atom stereocenters. The second-order valence-electron chi connectivity index (χ2n) is 6.90. The van der Waals surface area contributed by atoms with Crippen LogP contribution in [-0.4, -0.2) is 27.4 Å². The van der Waals surface area contributed by atoms with Gasteiger partial charge < -0.3 is 9.84 Å². The van der Waals surface area contributed by atoms with Crippen molar-refractivity contribution in [3.8, 4) is 0 Å². The van der Waals surface area contributed by atoms with E-state index in [1.165, 1.54) is 13.1 Å². The van der Waals surface area contributed by atoms with E-state index in [4.69, 9.17) is 16.3 Å². The van der Waals surface area contributed by atoms with Crippen LogP contribution in [0.5, 0.6) is 0 Å². The van der Waals surface area contributed by atoms with Crippen molar-refractivity contribution in [1.82, 2.24) is 4.98 Å². The van der Waals surface area contributed by atoms with Gasteiger partial charge in [-0.25, -0.2) is 0 Å². The molecule has 2 rings (SSSR count). The van der Waals surface area contributed by atoms with Crippen molar-refractivity contribution in [2.45, 2.75) is 46.6 Å². The molecular formula is C21H24ClNO4. The van der Waals surface area contributed by atoms with E-state index in [2.05, 4.69) is 24.9 Å². The first-order chi connectivity index (χ1) is 12.6. The van der Waals surface area contributed by atoms with Gasteiger partial charge in [0.1, 0.15) is 0 Å². The quantitative estimate of drug-likeness (QED) is 0.561. The van der Waals surface area contributed by atoms with Crippen LogP contribution in [0, 0.1) is 5.92 Å². The fourth-order valence-electron chi connectivity index (χ4n) is 2.85. The molecule has 1 aromatic rings. The highest BCUT2D eigenvalue weighted by Crippen LogP contribution is 2.40. The molecule has 1 aliphatic carbocycles. The van der Waals surface area contributed by atoms with E-state index in [0.717, 1.165) is 18.9 Å². The van der Waals surface area contributed by atoms with E-state index in [9.17, 15) is 14.7 Å². The van der Waals surface area contributed by atoms with Crippen LogP contribution in [-0.2, 0) is 9.53 Å². The molecule has 0 fully saturated rings. The van der Waals surface area contributed by atoms with Crippen LogP contribution < -0.4 is 0 Å². The lowest BCUT2D eigenvalue weighted by molar-refractivity contribution is -0.150. The van der Waals surface area contributed by atoms with Crippen molar-refractivity contribution < 1.29 is 19.4 Å². The smallest absolute Gasteiger partial charge is 0.304 e. The van der Waals surface area contributed by atoms with Crippen LogP contribution >= 0.6 is 11.6 Å². The highest BCUT2D eigenvalue weighted by Gasteiger charge is 2.48. The van der Waals surface area contributed by atoms with Gasteiger partial charge in [-0.2, -0.15) is 0 Å². The lowest BCUT2D eigenvalue weighted by Crippen LogP contribution is -2.44. The summed E-state index contributed by atoms with van der Waals surface area (Å²) in [4.78, 5) is 28.4. The summed E-state index contributed by atoms with van der Waals surface area (Å²) in [6, 6.07) is 1.63. The Labute approximate surface area is 164 Å². The maximum absolute atomic E-state index is 12.8. The Morgan fingerprint density at radius 3 is 2.67 bits per heavy atom. The zero-order valence-electron chi connectivity index (χ0n) is 16.2. The van der Waals surface area contributed by atoms with Crippen molar-refractivity contribution in [2.75, 3.05) is 0 Å². The number of carbonyl (C=O) groups excluding carboxylic acids is 2. The zero-order valence-corrected chi connectivity index (χ0v) is 16.9. The molecule has 0 unspecified atom stereocenters. The van der Waals surface area contributed by atoms with Gasteiger partial charge in [0.15, 0.2) is 5.76 Å². The number of aliphatic hydroxyl groups is 1. The van der Waals surface area contributed by atoms with E-state index in [-0.39, 0.29) is 10.6 Å². The van der Waals surface area contributed by atoms with Crippen LogP contribution in [0.4, 0.5) is 0 Å². The van der Waals surface area contributed by atoms with Gasteiger partial charge in [-0.15, -0.1) is 0 Å². The SMILES string of the molecule is CC[C@@H](C)/C=C(C)/C=C/c1cc2c(cn1)C(=O)[C@@](C)(OC(C)=O)C(O)=C2Cl. The predicted octanol–water partition coefficient (Wildman–Crippen LogP) is 5.07. The molecule has 0 spiro atoms. The Hall–Kier alpha value is -2.40. The monoisotopic (exact) mass is 389 g/mol. The highest BCUT2D eigenvalue weighted by atomic mass is 35.5. The van der Waals surface area contributed by atoms with E-state index in [1.54, 1.807) is 6.07 Å². The Kier molecular flexibility index (Phi) is 6.26. The molecule has 0 amide bonds. The van der Waals surface area contributed by atoms with Crippen LogP contribution in [0.2, 0.25) is 0 Å². The average molecular weight is 390 g/mol. The van der Waals surface area contributed by atoms with Gasteiger partial charge >= 0.3 is 5.97 Å². The fourth-order valence-corrected chi connectivity index (χ4v) is 3.18. The van der Waals surface area contributed by atoms with E-state index in [0.29, 0.717) is 17.2 Å². The molecule has 1 N–H and O–H groups in total. The third-order valence-corrected chi connectivity index (χ3v) is 4.94. The zero-order chi connectivity index (χ0) is 20.4. The summed E-state index contributed by atoms with van der Waals surface area (Å²) in [6.07, 6.45) is 8.38. The minimum Gasteiger partial charge on any atom is -0.506 e. The summed E-state index contributed by atoms with van der Waals surface area (Å²) >= 11 is 6.28. The number of ether oxygens (including phenoxy) is 1. The number of rotatable bonds is 5. The minimum absolute atomic E-state index is 0.0303. The number of nitrogens with zero attached hydrogens (tertiary/aromatic N) is 1. The van der Waals surface area contributed by atoms with Gasteiger partial charge in [0.25, 0.3) is 0 Å². The number of Topliss-reactive ketones (excluding diaryl/α,β-unsaturated/α-hetero) is 1. The maximum atomic E-state index is 12.8. The largest absolute Gasteiger partial charge is 0.506 e. The molecule has 0 bridgehead atoms. The number of aromatic nitrogens is 1. The molecule has 0 saturated heterocycles. The molecule has 27 heavy (non-hydrogen) atoms. The second-order valence-corrected chi connectivity index (χ2v) is 7.28. The fraction of sp³-hybridized carbons (Fsp3) is 0.381. The number of allylic oxidation sites excluding steroid dienone is 3. The number of hydrogen-bond donors (Lipinski definition) is 1. The molecule has 1 aromatic heterocycles. The van der Waals surface area contributed by atoms with Crippen LogP contribution in [0.25, 0.3) is 11.1 Å². The number of carbonyl (C=O) groups is 2. The lowest BCUT2D eigenvalue weighted by Gasteiger charge is -2.31. The van der Waals surface area contributed by atoms with Crippen molar-refractivity contribution in [1.29, 1.82) is 0 Å². The summed E-state index contributed by atoms with van der Waals surface area (Å²) < 4.78 is 5.06. The van der Waals surface area contributed by atoms with Gasteiger partial charge in [-0.1, -0.05) is 49.6 Å². The molecular weight excluding hydrogens is 366 g/mol. The summed E-state index contributed by atoms with van der Waals surface area (Å²) in [5.74, 6) is -1.25. The Morgan fingerprint density at radius 2 is 2.07 bits per heavy atom. The van der Waals surface area contributed by atoms with E-state index >= 15 is 0 Å². The number of fused-ring (bicyclic) bond motifs is 1. The molecule has 5 nitrogen and oxygen atoms in total. The summed E-state index contributed by atoms with van der Waals surface area (Å²) in [5, 5.41) is 10.4. The molecule has 6 heteroatoms. The first kappa shape index (κ1) is 20.9. The van der Waals surface area contributed by atoms with Crippen molar-refractivity contribution in [2.24, 2.45) is 5.92 Å². The van der Waals surface area contributed by atoms with E-state index in [1.807, 2.05) is 19.1 Å². The van der Waals surface area contributed by atoms with Gasteiger partial charge in [-0.3, -0.25) is 14.6 Å². The van der Waals surface area contributed by atoms with E-state index < -0.39 is 23.1 Å². The number of ketones is 1. The second kappa shape index (κ2) is 8.09. The van der Waals surface area contributed by atoms with Gasteiger partial charge in [0.05, 0.1) is 10.7 Å². The van der Waals surface area contributed by atoms with Crippen LogP contribution in [0.15, 0.2) is 35.7 Å². The molecule has 0 aliphatic heterocycles. The topological polar surface area (TPSA) is 76.5 Å². The Balaban J connectivity index is 2.42. The number of pyridine rings is 1. The average Bonchev–Trinajstić information content (AvgIpc) is 2.62. The molecule has 144 valence electrons. The molecule has 1 heterocycles. The summed E-state index contributed by atoms with van der Waals surface area (Å²) in [7, 11) is 0. The third-order valence-electron chi connectivity index (χ3n) is 4.56. The molecule has 0 aromatic carbocycles. The Bertz CT molecular complexity index is 869. The third kappa shape index (κ3) is 4.30. The molecule has 0 saturated carbocycles. The van der Waals surface area contributed by atoms with Crippen molar-refractivity contribution in [3.63, 3.8) is 0 Å².